The standard InChI is InChI=1S/C25H23F2NO/c26-25(27,22-15-13-20(14-16-22)19-8-3-1-4-9-19)18-23(21-10-5-2-6-11-21)28-17-7-12-24(28)29/h1-6,8-11,13-16,23H,7,12,17-18H2. The Hall–Kier alpha value is -3.01. The Morgan fingerprint density at radius 1 is 0.828 bits per heavy atom. The van der Waals surface area contributed by atoms with Crippen molar-refractivity contribution in [1.29, 1.82) is 0 Å². The summed E-state index contributed by atoms with van der Waals surface area (Å²) >= 11 is 0. The topological polar surface area (TPSA) is 20.3 Å². The Labute approximate surface area is 169 Å². The maximum atomic E-state index is 15.3. The molecule has 0 saturated carbocycles. The molecule has 1 aliphatic heterocycles. The van der Waals surface area contributed by atoms with Gasteiger partial charge in [0.05, 0.1) is 6.04 Å². The molecule has 0 radical (unpaired) electrons. The van der Waals surface area contributed by atoms with Gasteiger partial charge in [0.25, 0.3) is 5.92 Å². The molecule has 0 N–H and O–H groups in total. The van der Waals surface area contributed by atoms with Crippen LogP contribution >= 0.6 is 0 Å². The number of rotatable bonds is 6. The maximum Gasteiger partial charge on any atom is 0.275 e. The average molecular weight is 391 g/mol. The number of halogens is 2. The zero-order valence-electron chi connectivity index (χ0n) is 16.1. The van der Waals surface area contributed by atoms with Crippen LogP contribution in [0.5, 0.6) is 0 Å². The number of hydrogen-bond donors (Lipinski definition) is 0. The lowest BCUT2D eigenvalue weighted by Crippen LogP contribution is -2.33. The van der Waals surface area contributed by atoms with Crippen LogP contribution < -0.4 is 0 Å². The Morgan fingerprint density at radius 2 is 1.41 bits per heavy atom. The van der Waals surface area contributed by atoms with E-state index in [1.165, 1.54) is 12.1 Å². The molecule has 148 valence electrons. The minimum atomic E-state index is -3.04. The third kappa shape index (κ3) is 4.21. The van der Waals surface area contributed by atoms with Gasteiger partial charge in [-0.25, -0.2) is 8.78 Å². The summed E-state index contributed by atoms with van der Waals surface area (Å²) in [5.74, 6) is -3.09. The van der Waals surface area contributed by atoms with Crippen molar-refractivity contribution in [3.8, 4) is 11.1 Å². The number of carbonyl (C=O) groups is 1. The van der Waals surface area contributed by atoms with E-state index in [1.54, 1.807) is 17.0 Å². The van der Waals surface area contributed by atoms with Gasteiger partial charge in [0.1, 0.15) is 0 Å². The second kappa shape index (κ2) is 8.16. The quantitative estimate of drug-likeness (QED) is 0.490. The molecular weight excluding hydrogens is 368 g/mol. The first-order chi connectivity index (χ1) is 14.0. The molecule has 0 aliphatic carbocycles. The van der Waals surface area contributed by atoms with Gasteiger partial charge in [0.15, 0.2) is 0 Å². The molecule has 1 atom stereocenters. The van der Waals surface area contributed by atoms with Gasteiger partial charge in [0, 0.05) is 24.9 Å². The number of likely N-dealkylation sites (tertiary alicyclic amines) is 1. The van der Waals surface area contributed by atoms with Gasteiger partial charge >= 0.3 is 0 Å². The van der Waals surface area contributed by atoms with Crippen LogP contribution in [0.15, 0.2) is 84.9 Å². The number of benzene rings is 3. The number of hydrogen-bond acceptors (Lipinski definition) is 1. The lowest BCUT2D eigenvalue weighted by Gasteiger charge is -2.31. The molecule has 0 aromatic heterocycles. The van der Waals surface area contributed by atoms with Crippen LogP contribution in [0.2, 0.25) is 0 Å². The Bertz CT molecular complexity index is 955. The smallest absolute Gasteiger partial charge is 0.275 e. The van der Waals surface area contributed by atoms with Crippen LogP contribution in [-0.2, 0) is 10.7 Å². The van der Waals surface area contributed by atoms with E-state index in [4.69, 9.17) is 0 Å². The highest BCUT2D eigenvalue weighted by Gasteiger charge is 2.40. The van der Waals surface area contributed by atoms with Gasteiger partial charge in [-0.3, -0.25) is 4.79 Å². The SMILES string of the molecule is O=C1CCCN1C(CC(F)(F)c1ccc(-c2ccccc2)cc1)c1ccccc1. The van der Waals surface area contributed by atoms with Crippen LogP contribution in [0.1, 0.15) is 36.4 Å². The molecule has 3 aromatic rings. The summed E-state index contributed by atoms with van der Waals surface area (Å²) in [5, 5.41) is 0. The lowest BCUT2D eigenvalue weighted by molar-refractivity contribution is -0.132. The summed E-state index contributed by atoms with van der Waals surface area (Å²) in [4.78, 5) is 13.9. The van der Waals surface area contributed by atoms with E-state index in [-0.39, 0.29) is 11.5 Å². The van der Waals surface area contributed by atoms with E-state index in [9.17, 15) is 4.79 Å². The van der Waals surface area contributed by atoms with Crippen molar-refractivity contribution in [3.05, 3.63) is 96.1 Å². The Balaban J connectivity index is 1.60. The average Bonchev–Trinajstić information content (AvgIpc) is 3.19. The fourth-order valence-corrected chi connectivity index (χ4v) is 3.98. The van der Waals surface area contributed by atoms with Crippen LogP contribution in [0.25, 0.3) is 11.1 Å². The zero-order chi connectivity index (χ0) is 20.3. The highest BCUT2D eigenvalue weighted by atomic mass is 19.3. The molecule has 4 heteroatoms. The first-order valence-electron chi connectivity index (χ1n) is 9.93. The van der Waals surface area contributed by atoms with Gasteiger partial charge in [0.2, 0.25) is 5.91 Å². The van der Waals surface area contributed by atoms with Gasteiger partial charge in [-0.15, -0.1) is 0 Å². The normalized spacial score (nSPS) is 15.5. The van der Waals surface area contributed by atoms with Crippen LogP contribution in [-0.4, -0.2) is 17.4 Å². The van der Waals surface area contributed by atoms with E-state index in [2.05, 4.69) is 0 Å². The summed E-state index contributed by atoms with van der Waals surface area (Å²) in [6.07, 6.45) is 0.730. The number of alkyl halides is 2. The molecule has 1 fully saturated rings. The molecule has 4 rings (SSSR count). The fourth-order valence-electron chi connectivity index (χ4n) is 3.98. The Kier molecular flexibility index (Phi) is 5.43. The molecule has 29 heavy (non-hydrogen) atoms. The molecule has 1 aliphatic rings. The van der Waals surface area contributed by atoms with Gasteiger partial charge < -0.3 is 4.90 Å². The largest absolute Gasteiger partial charge is 0.335 e. The summed E-state index contributed by atoms with van der Waals surface area (Å²) < 4.78 is 30.5. The van der Waals surface area contributed by atoms with Crippen molar-refractivity contribution in [2.45, 2.75) is 31.2 Å². The number of carbonyl (C=O) groups excluding carboxylic acids is 1. The van der Waals surface area contributed by atoms with Crippen molar-refractivity contribution in [2.75, 3.05) is 6.54 Å². The van der Waals surface area contributed by atoms with Crippen LogP contribution in [0, 0.1) is 0 Å². The molecular formula is C25H23F2NO. The van der Waals surface area contributed by atoms with Crippen LogP contribution in [0.3, 0.4) is 0 Å². The third-order valence-corrected chi connectivity index (χ3v) is 5.53. The van der Waals surface area contributed by atoms with Gasteiger partial charge in [-0.2, -0.15) is 0 Å². The predicted octanol–water partition coefficient (Wildman–Crippen LogP) is 6.20. The van der Waals surface area contributed by atoms with E-state index >= 15 is 8.78 Å². The van der Waals surface area contributed by atoms with E-state index in [0.717, 1.165) is 23.1 Å². The Morgan fingerprint density at radius 3 is 2.00 bits per heavy atom. The predicted molar refractivity (Wildman–Crippen MR) is 111 cm³/mol. The molecule has 1 saturated heterocycles. The molecule has 0 bridgehead atoms. The summed E-state index contributed by atoms with van der Waals surface area (Å²) in [5.41, 5.74) is 2.62. The minimum Gasteiger partial charge on any atom is -0.335 e. The lowest BCUT2D eigenvalue weighted by atomic mass is 9.93. The number of amides is 1. The first-order valence-corrected chi connectivity index (χ1v) is 9.93. The number of nitrogens with zero attached hydrogens (tertiary/aromatic N) is 1. The monoisotopic (exact) mass is 391 g/mol. The third-order valence-electron chi connectivity index (χ3n) is 5.53. The second-order valence-corrected chi connectivity index (χ2v) is 7.47. The molecule has 1 unspecified atom stereocenters. The van der Waals surface area contributed by atoms with E-state index in [1.807, 2.05) is 60.7 Å². The van der Waals surface area contributed by atoms with Gasteiger partial charge in [-0.1, -0.05) is 84.9 Å². The fraction of sp³-hybridized carbons (Fsp3) is 0.240. The van der Waals surface area contributed by atoms with Crippen molar-refractivity contribution in [2.24, 2.45) is 0 Å². The molecule has 1 amide bonds. The molecule has 0 spiro atoms. The molecule has 2 nitrogen and oxygen atoms in total. The van der Waals surface area contributed by atoms with Crippen LogP contribution in [0.4, 0.5) is 8.78 Å². The van der Waals surface area contributed by atoms with Crippen molar-refractivity contribution in [1.82, 2.24) is 4.90 Å². The first kappa shape index (κ1) is 19.3. The summed E-state index contributed by atoms with van der Waals surface area (Å²) in [7, 11) is 0. The minimum absolute atomic E-state index is 0.0234. The maximum absolute atomic E-state index is 15.3. The highest BCUT2D eigenvalue weighted by Crippen LogP contribution is 2.41. The molecule has 3 aromatic carbocycles. The van der Waals surface area contributed by atoms with E-state index < -0.39 is 18.4 Å². The van der Waals surface area contributed by atoms with Crippen molar-refractivity contribution < 1.29 is 13.6 Å². The molecule has 1 heterocycles. The summed E-state index contributed by atoms with van der Waals surface area (Å²) in [6.45, 7) is 0.529. The van der Waals surface area contributed by atoms with Crippen molar-refractivity contribution in [3.63, 3.8) is 0 Å². The zero-order valence-corrected chi connectivity index (χ0v) is 16.1. The van der Waals surface area contributed by atoms with Gasteiger partial charge in [-0.05, 0) is 23.1 Å². The highest BCUT2D eigenvalue weighted by molar-refractivity contribution is 5.78. The van der Waals surface area contributed by atoms with Crippen molar-refractivity contribution >= 4 is 5.91 Å². The van der Waals surface area contributed by atoms with E-state index in [0.29, 0.717) is 13.0 Å². The second-order valence-electron chi connectivity index (χ2n) is 7.47. The summed E-state index contributed by atoms with van der Waals surface area (Å²) in [6, 6.07) is 24.7.